The molecule has 3 fully saturated rings. The average molecular weight is 737 g/mol. The first-order valence-electron chi connectivity index (χ1n) is 18.0. The van der Waals surface area contributed by atoms with Crippen molar-refractivity contribution in [1.29, 1.82) is 0 Å². The van der Waals surface area contributed by atoms with E-state index in [4.69, 9.17) is 0 Å². The highest BCUT2D eigenvalue weighted by Gasteiger charge is 2.43. The van der Waals surface area contributed by atoms with Crippen molar-refractivity contribution >= 4 is 59.6 Å². The van der Waals surface area contributed by atoms with Crippen LogP contribution in [0.4, 0.5) is 4.79 Å². The van der Waals surface area contributed by atoms with Crippen molar-refractivity contribution in [2.24, 2.45) is 11.8 Å². The predicted molar refractivity (Wildman–Crippen MR) is 188 cm³/mol. The smallest absolute Gasteiger partial charge is 0.315 e. The number of hydrogen-bond donors (Lipinski definition) is 6. The summed E-state index contributed by atoms with van der Waals surface area (Å²) in [5.74, 6) is -2.97. The number of thioether (sulfide) groups is 1. The lowest BCUT2D eigenvalue weighted by Gasteiger charge is -2.30. The molecule has 0 spiro atoms. The first-order valence-corrected chi connectivity index (χ1v) is 19.0. The Bertz CT molecular complexity index is 1280. The molecule has 7 amide bonds. The van der Waals surface area contributed by atoms with E-state index in [1.807, 2.05) is 27.7 Å². The topological polar surface area (TPSA) is 234 Å². The van der Waals surface area contributed by atoms with E-state index < -0.39 is 66.2 Å². The highest BCUT2D eigenvalue weighted by atomic mass is 32.2. The molecule has 3 heterocycles. The zero-order chi connectivity index (χ0) is 37.7. The Balaban J connectivity index is 1.55. The monoisotopic (exact) mass is 736 g/mol. The lowest BCUT2D eigenvalue weighted by atomic mass is 10.0. The van der Waals surface area contributed by atoms with Crippen molar-refractivity contribution in [1.82, 2.24) is 36.8 Å². The van der Waals surface area contributed by atoms with E-state index in [-0.39, 0.29) is 67.4 Å². The number of carbonyl (C=O) groups excluding carboxylic acids is 7. The van der Waals surface area contributed by atoms with Crippen LogP contribution in [0.25, 0.3) is 0 Å². The van der Waals surface area contributed by atoms with Gasteiger partial charge >= 0.3 is 12.0 Å². The molecule has 0 aromatic carbocycles. The summed E-state index contributed by atoms with van der Waals surface area (Å²) in [5, 5.41) is 27.2. The number of rotatable bonds is 21. The zero-order valence-electron chi connectivity index (χ0n) is 30.0. The number of aldehydes is 1. The SMILES string of the molecule is CC(C)C[C@@H](C=O)[N]C(=O)CNC(=O)[C@H](CC(C)C)NC(=O)[C@@H]1CCCN1C(=O)[C@H](CCC(=O)O)NC(=O)CCCCC1SCC2NC(=O)NC21. The third-order valence-electron chi connectivity index (χ3n) is 9.13. The fourth-order valence-corrected chi connectivity index (χ4v) is 8.22. The molecule has 0 aromatic rings. The normalized spacial score (nSPS) is 22.7. The quantitative estimate of drug-likeness (QED) is 0.0541. The fourth-order valence-electron chi connectivity index (χ4n) is 6.68. The number of fused-ring (bicyclic) bond motifs is 1. The molecule has 1 radical (unpaired) electrons. The summed E-state index contributed by atoms with van der Waals surface area (Å²) in [6, 6.07) is -3.89. The predicted octanol–water partition coefficient (Wildman–Crippen LogP) is 0.445. The number of hydrogen-bond acceptors (Lipinski definition) is 9. The van der Waals surface area contributed by atoms with Crippen LogP contribution in [0.5, 0.6) is 0 Å². The Morgan fingerprint density at radius 1 is 1.00 bits per heavy atom. The molecular weight excluding hydrogens is 682 g/mol. The zero-order valence-corrected chi connectivity index (χ0v) is 30.8. The van der Waals surface area contributed by atoms with Crippen molar-refractivity contribution in [2.45, 2.75) is 133 Å². The number of unbranched alkanes of at least 4 members (excludes halogenated alkanes) is 1. The van der Waals surface area contributed by atoms with E-state index in [2.05, 4.69) is 31.9 Å². The van der Waals surface area contributed by atoms with Gasteiger partial charge in [-0.1, -0.05) is 34.1 Å². The Morgan fingerprint density at radius 2 is 1.73 bits per heavy atom. The van der Waals surface area contributed by atoms with E-state index >= 15 is 0 Å². The van der Waals surface area contributed by atoms with Crippen LogP contribution in [0.1, 0.15) is 91.9 Å². The molecule has 51 heavy (non-hydrogen) atoms. The van der Waals surface area contributed by atoms with Crippen molar-refractivity contribution in [2.75, 3.05) is 18.8 Å². The number of nitrogens with one attached hydrogen (secondary N) is 5. The Morgan fingerprint density at radius 3 is 2.39 bits per heavy atom. The number of amides is 7. The maximum absolute atomic E-state index is 13.7. The molecule has 0 saturated carbocycles. The maximum atomic E-state index is 13.7. The largest absolute Gasteiger partial charge is 0.481 e. The minimum Gasteiger partial charge on any atom is -0.481 e. The third-order valence-corrected chi connectivity index (χ3v) is 10.6. The number of carboxylic acid groups (broad SMARTS) is 1. The molecule has 285 valence electrons. The summed E-state index contributed by atoms with van der Waals surface area (Å²) in [7, 11) is 0. The van der Waals surface area contributed by atoms with Crippen LogP contribution in [0.2, 0.25) is 0 Å². The second-order valence-corrected chi connectivity index (χ2v) is 15.6. The van der Waals surface area contributed by atoms with Crippen molar-refractivity contribution in [3.05, 3.63) is 0 Å². The van der Waals surface area contributed by atoms with Crippen LogP contribution in [0.3, 0.4) is 0 Å². The van der Waals surface area contributed by atoms with E-state index in [0.717, 1.165) is 18.6 Å². The highest BCUT2D eigenvalue weighted by Crippen LogP contribution is 2.33. The summed E-state index contributed by atoms with van der Waals surface area (Å²) in [4.78, 5) is 101. The van der Waals surface area contributed by atoms with Crippen LogP contribution < -0.4 is 31.9 Å². The van der Waals surface area contributed by atoms with E-state index in [1.165, 1.54) is 4.90 Å². The van der Waals surface area contributed by atoms with Crippen LogP contribution in [0, 0.1) is 11.8 Å². The van der Waals surface area contributed by atoms with Crippen LogP contribution in [-0.2, 0) is 33.6 Å². The van der Waals surface area contributed by atoms with Gasteiger partial charge in [0, 0.05) is 30.4 Å². The average Bonchev–Trinajstić information content (AvgIpc) is 3.79. The molecule has 3 aliphatic rings. The molecule has 6 N–H and O–H groups in total. The van der Waals surface area contributed by atoms with Gasteiger partial charge in [0.05, 0.1) is 18.6 Å². The molecule has 3 aliphatic heterocycles. The van der Waals surface area contributed by atoms with Crippen LogP contribution >= 0.6 is 11.8 Å². The lowest BCUT2D eigenvalue weighted by Crippen LogP contribution is -2.56. The van der Waals surface area contributed by atoms with Gasteiger partial charge in [0.25, 0.3) is 5.91 Å². The molecule has 3 unspecified atom stereocenters. The standard InChI is InChI=1S/C34H54N7O9S/c1-19(2)14-21(17-42)36-28(44)16-35-31(47)23(15-20(3)4)38-32(48)25-8-7-13-41(25)33(49)22(11-12-29(45)46)37-27(43)10-6-5-9-26-30-24(18-51-26)39-34(50)40-30/h17,19-26,30H,5-16,18H2,1-4H3,(H,35,47)(H,37,43)(H,38,48)(H,45,46)(H2,39,40,50)/t21-,22-,23-,24?,25-,26?,30?/m0/s1. The third kappa shape index (κ3) is 13.3. The van der Waals surface area contributed by atoms with Gasteiger partial charge in [-0.2, -0.15) is 11.8 Å². The van der Waals surface area contributed by atoms with Gasteiger partial charge in [0.15, 0.2) is 0 Å². The highest BCUT2D eigenvalue weighted by molar-refractivity contribution is 8.00. The second kappa shape index (κ2) is 20.2. The molecule has 17 heteroatoms. The number of urea groups is 1. The Kier molecular flexibility index (Phi) is 16.5. The van der Waals surface area contributed by atoms with Gasteiger partial charge in [-0.05, 0) is 56.8 Å². The molecule has 0 bridgehead atoms. The van der Waals surface area contributed by atoms with Crippen LogP contribution in [0.15, 0.2) is 0 Å². The lowest BCUT2D eigenvalue weighted by molar-refractivity contribution is -0.143. The molecule has 3 saturated heterocycles. The van der Waals surface area contributed by atoms with Crippen molar-refractivity contribution in [3.8, 4) is 0 Å². The Labute approximate surface area is 303 Å². The summed E-state index contributed by atoms with van der Waals surface area (Å²) >= 11 is 1.78. The summed E-state index contributed by atoms with van der Waals surface area (Å²) < 4.78 is 0. The molecule has 3 rings (SSSR count). The first-order chi connectivity index (χ1) is 24.2. The van der Waals surface area contributed by atoms with Crippen LogP contribution in [-0.4, -0.2) is 118 Å². The number of likely N-dealkylation sites (tertiary alicyclic amines) is 1. The summed E-state index contributed by atoms with van der Waals surface area (Å²) in [6.07, 6.45) is 3.74. The molecule has 16 nitrogen and oxygen atoms in total. The second-order valence-electron chi connectivity index (χ2n) is 14.4. The molecule has 0 aromatic heterocycles. The summed E-state index contributed by atoms with van der Waals surface area (Å²) in [6.45, 7) is 7.30. The van der Waals surface area contributed by atoms with E-state index in [1.54, 1.807) is 11.8 Å². The summed E-state index contributed by atoms with van der Waals surface area (Å²) in [5.41, 5.74) is 0. The molecule has 0 aliphatic carbocycles. The Hall–Kier alpha value is -3.89. The number of carboxylic acids is 1. The molecular formula is C34H54N7O9S. The van der Waals surface area contributed by atoms with Gasteiger partial charge in [0.2, 0.25) is 23.6 Å². The van der Waals surface area contributed by atoms with E-state index in [9.17, 15) is 43.5 Å². The first kappa shape index (κ1) is 41.5. The van der Waals surface area contributed by atoms with E-state index in [0.29, 0.717) is 32.0 Å². The van der Waals surface area contributed by atoms with Gasteiger partial charge in [-0.3, -0.25) is 28.8 Å². The van der Waals surface area contributed by atoms with Gasteiger partial charge in [-0.15, -0.1) is 0 Å². The molecule has 7 atom stereocenters. The number of aliphatic carboxylic acids is 1. The fraction of sp³-hybridized carbons (Fsp3) is 0.765. The minimum absolute atomic E-state index is 0.0155. The minimum atomic E-state index is -1.15. The maximum Gasteiger partial charge on any atom is 0.315 e. The van der Waals surface area contributed by atoms with Crippen molar-refractivity contribution < 1.29 is 43.5 Å². The van der Waals surface area contributed by atoms with Gasteiger partial charge < -0.3 is 41.4 Å². The van der Waals surface area contributed by atoms with Gasteiger partial charge in [0.1, 0.15) is 30.5 Å². The number of carbonyl (C=O) groups is 8. The van der Waals surface area contributed by atoms with Crippen molar-refractivity contribution in [3.63, 3.8) is 0 Å². The van der Waals surface area contributed by atoms with Gasteiger partial charge in [-0.25, -0.2) is 10.1 Å². The number of nitrogens with zero attached hydrogens (tertiary/aromatic N) is 2.